The van der Waals surface area contributed by atoms with Crippen molar-refractivity contribution in [1.29, 1.82) is 0 Å². The minimum atomic E-state index is -5.79. The average Bonchev–Trinajstić information content (AvgIpc) is 2.21. The van der Waals surface area contributed by atoms with Gasteiger partial charge in [-0.15, -0.1) is 0 Å². The van der Waals surface area contributed by atoms with Crippen molar-refractivity contribution in [2.45, 2.75) is 30.9 Å². The van der Waals surface area contributed by atoms with Crippen molar-refractivity contribution in [1.82, 2.24) is 0 Å². The molecule has 0 aliphatic carbocycles. The van der Waals surface area contributed by atoms with E-state index in [1.165, 1.54) is 0 Å². The summed E-state index contributed by atoms with van der Waals surface area (Å²) in [6.45, 7) is -0.351. The molecule has 9 heteroatoms. The van der Waals surface area contributed by atoms with Crippen molar-refractivity contribution in [3.05, 3.63) is 0 Å². The van der Waals surface area contributed by atoms with Gasteiger partial charge in [-0.2, -0.15) is 17.2 Å². The van der Waals surface area contributed by atoms with Gasteiger partial charge in [-0.05, 0) is 19.3 Å². The SMILES string of the molecule is O=C(OCCCCCCO)C(F)(F)S(=O)(=O)O. The van der Waals surface area contributed by atoms with E-state index in [1.54, 1.807) is 0 Å². The third-order valence-corrected chi connectivity index (χ3v) is 2.66. The minimum absolute atomic E-state index is 0.0145. The Balaban J connectivity index is 3.96. The molecule has 0 rings (SSSR count). The van der Waals surface area contributed by atoms with Crippen molar-refractivity contribution < 1.29 is 36.4 Å². The number of hydrogen-bond acceptors (Lipinski definition) is 5. The summed E-state index contributed by atoms with van der Waals surface area (Å²) in [6, 6.07) is 0. The highest BCUT2D eigenvalue weighted by atomic mass is 32.2. The Hall–Kier alpha value is -0.800. The van der Waals surface area contributed by atoms with Crippen LogP contribution < -0.4 is 0 Å². The fraction of sp³-hybridized carbons (Fsp3) is 0.875. The van der Waals surface area contributed by atoms with Crippen LogP contribution in [0.2, 0.25) is 0 Å². The summed E-state index contributed by atoms with van der Waals surface area (Å²) < 4.78 is 57.6. The summed E-state index contributed by atoms with van der Waals surface area (Å²) in [5.74, 6) is -2.29. The number of esters is 1. The fourth-order valence-corrected chi connectivity index (χ4v) is 1.19. The zero-order valence-electron chi connectivity index (χ0n) is 8.93. The minimum Gasteiger partial charge on any atom is -0.460 e. The zero-order chi connectivity index (χ0) is 13.5. The van der Waals surface area contributed by atoms with Crippen molar-refractivity contribution in [2.24, 2.45) is 0 Å². The number of aliphatic hydroxyl groups is 1. The molecular formula is C8H14F2O6S. The Kier molecular flexibility index (Phi) is 6.50. The van der Waals surface area contributed by atoms with E-state index in [4.69, 9.17) is 9.66 Å². The number of carbonyl (C=O) groups excluding carboxylic acids is 1. The Morgan fingerprint density at radius 3 is 2.18 bits per heavy atom. The number of aliphatic hydroxyl groups excluding tert-OH is 1. The average molecular weight is 276 g/mol. The van der Waals surface area contributed by atoms with Gasteiger partial charge >= 0.3 is 21.3 Å². The summed E-state index contributed by atoms with van der Waals surface area (Å²) in [5.41, 5.74) is 0. The summed E-state index contributed by atoms with van der Waals surface area (Å²) in [4.78, 5) is 10.6. The standard InChI is InChI=1S/C8H14F2O6S/c9-8(10,17(13,14)15)7(12)16-6-4-2-1-3-5-11/h11H,1-6H2,(H,13,14,15). The van der Waals surface area contributed by atoms with E-state index in [-0.39, 0.29) is 19.6 Å². The molecule has 0 bridgehead atoms. The second-order valence-electron chi connectivity index (χ2n) is 3.27. The highest BCUT2D eigenvalue weighted by Crippen LogP contribution is 2.22. The van der Waals surface area contributed by atoms with Gasteiger partial charge in [0.05, 0.1) is 6.61 Å². The normalized spacial score (nSPS) is 12.5. The van der Waals surface area contributed by atoms with Crippen LogP contribution in [0, 0.1) is 0 Å². The van der Waals surface area contributed by atoms with E-state index >= 15 is 0 Å². The molecule has 102 valence electrons. The van der Waals surface area contributed by atoms with Crippen LogP contribution in [0.3, 0.4) is 0 Å². The molecule has 0 aromatic rings. The van der Waals surface area contributed by atoms with Gasteiger partial charge < -0.3 is 9.84 Å². The van der Waals surface area contributed by atoms with Crippen molar-refractivity contribution in [3.63, 3.8) is 0 Å². The molecule has 0 amide bonds. The monoisotopic (exact) mass is 276 g/mol. The summed E-state index contributed by atoms with van der Waals surface area (Å²) >= 11 is 0. The van der Waals surface area contributed by atoms with Gasteiger partial charge in [-0.1, -0.05) is 6.42 Å². The van der Waals surface area contributed by atoms with Gasteiger partial charge in [-0.3, -0.25) is 4.55 Å². The molecule has 0 saturated carbocycles. The van der Waals surface area contributed by atoms with Gasteiger partial charge in [-0.25, -0.2) is 4.79 Å². The number of halogens is 2. The smallest absolute Gasteiger partial charge is 0.460 e. The summed E-state index contributed by atoms with van der Waals surface area (Å²) in [7, 11) is -5.79. The lowest BCUT2D eigenvalue weighted by Crippen LogP contribution is -2.39. The maximum absolute atomic E-state index is 12.6. The Bertz CT molecular complexity index is 340. The number of ether oxygens (including phenoxy) is 1. The van der Waals surface area contributed by atoms with Gasteiger partial charge in [0.25, 0.3) is 0 Å². The molecule has 0 aliphatic heterocycles. The van der Waals surface area contributed by atoms with Crippen LogP contribution in [0.15, 0.2) is 0 Å². The molecule has 6 nitrogen and oxygen atoms in total. The Morgan fingerprint density at radius 2 is 1.71 bits per heavy atom. The van der Waals surface area contributed by atoms with Crippen LogP contribution >= 0.6 is 0 Å². The second kappa shape index (κ2) is 6.82. The molecule has 2 N–H and O–H groups in total. The Morgan fingerprint density at radius 1 is 1.18 bits per heavy atom. The highest BCUT2D eigenvalue weighted by Gasteiger charge is 2.54. The first kappa shape index (κ1) is 16.2. The zero-order valence-corrected chi connectivity index (χ0v) is 9.75. The molecule has 0 heterocycles. The van der Waals surface area contributed by atoms with Crippen LogP contribution in [0.25, 0.3) is 0 Å². The quantitative estimate of drug-likeness (QED) is 0.382. The molecule has 0 spiro atoms. The molecule has 0 fully saturated rings. The van der Waals surface area contributed by atoms with E-state index in [0.717, 1.165) is 0 Å². The highest BCUT2D eigenvalue weighted by molar-refractivity contribution is 7.87. The number of unbranched alkanes of at least 4 members (excludes halogenated alkanes) is 3. The van der Waals surface area contributed by atoms with Crippen LogP contribution in [0.4, 0.5) is 8.78 Å². The van der Waals surface area contributed by atoms with Crippen molar-refractivity contribution in [2.75, 3.05) is 13.2 Å². The first-order valence-corrected chi connectivity index (χ1v) is 6.30. The number of rotatable bonds is 8. The molecule has 0 saturated heterocycles. The maximum atomic E-state index is 12.6. The van der Waals surface area contributed by atoms with E-state index in [9.17, 15) is 22.0 Å². The third-order valence-electron chi connectivity index (χ3n) is 1.85. The van der Waals surface area contributed by atoms with Gasteiger partial charge in [0, 0.05) is 6.61 Å². The molecule has 0 aromatic carbocycles. The number of carbonyl (C=O) groups is 1. The fourth-order valence-electron chi connectivity index (χ4n) is 0.922. The topological polar surface area (TPSA) is 101 Å². The molecule has 0 radical (unpaired) electrons. The van der Waals surface area contributed by atoms with Crippen LogP contribution in [-0.2, 0) is 19.6 Å². The number of hydrogen-bond donors (Lipinski definition) is 2. The molecule has 17 heavy (non-hydrogen) atoms. The van der Waals surface area contributed by atoms with E-state index in [0.29, 0.717) is 19.3 Å². The summed E-state index contributed by atoms with van der Waals surface area (Å²) in [5, 5.41) is 3.50. The summed E-state index contributed by atoms with van der Waals surface area (Å²) in [6.07, 6.45) is 2.01. The van der Waals surface area contributed by atoms with Crippen LogP contribution in [-0.4, -0.2) is 42.5 Å². The second-order valence-corrected chi connectivity index (χ2v) is 4.73. The Labute approximate surface area is 97.3 Å². The largest absolute Gasteiger partial charge is 0.465 e. The lowest BCUT2D eigenvalue weighted by atomic mass is 10.2. The van der Waals surface area contributed by atoms with E-state index in [1.807, 2.05) is 0 Å². The third kappa shape index (κ3) is 5.37. The van der Waals surface area contributed by atoms with Gasteiger partial charge in [0.1, 0.15) is 0 Å². The molecule has 0 aromatic heterocycles. The molecule has 0 aliphatic rings. The molecular weight excluding hydrogens is 262 g/mol. The van der Waals surface area contributed by atoms with Crippen molar-refractivity contribution in [3.8, 4) is 0 Å². The van der Waals surface area contributed by atoms with E-state index in [2.05, 4.69) is 4.74 Å². The predicted molar refractivity (Wildman–Crippen MR) is 53.0 cm³/mol. The molecule has 0 unspecified atom stereocenters. The first-order chi connectivity index (χ1) is 7.73. The van der Waals surface area contributed by atoms with Crippen LogP contribution in [0.1, 0.15) is 25.7 Å². The lowest BCUT2D eigenvalue weighted by molar-refractivity contribution is -0.161. The first-order valence-electron chi connectivity index (χ1n) is 4.86. The maximum Gasteiger partial charge on any atom is 0.465 e. The predicted octanol–water partition coefficient (Wildman–Crippen LogP) is 0.563. The molecule has 0 atom stereocenters. The van der Waals surface area contributed by atoms with Gasteiger partial charge in [0.2, 0.25) is 0 Å². The van der Waals surface area contributed by atoms with Crippen molar-refractivity contribution >= 4 is 16.1 Å². The number of alkyl halides is 2. The van der Waals surface area contributed by atoms with E-state index < -0.39 is 21.3 Å². The van der Waals surface area contributed by atoms with Gasteiger partial charge in [0.15, 0.2) is 0 Å². The lowest BCUT2D eigenvalue weighted by Gasteiger charge is -2.11. The van der Waals surface area contributed by atoms with Crippen LogP contribution in [0.5, 0.6) is 0 Å².